The fourth-order valence-electron chi connectivity index (χ4n) is 5.82. The average Bonchev–Trinajstić information content (AvgIpc) is 3.24. The van der Waals surface area contributed by atoms with E-state index in [1.54, 1.807) is 91.0 Å². The van der Waals surface area contributed by atoms with E-state index in [1.807, 2.05) is 60.7 Å². The van der Waals surface area contributed by atoms with Crippen molar-refractivity contribution in [1.82, 2.24) is 0 Å². The maximum atomic E-state index is 14.0. The Kier molecular flexibility index (Phi) is 14.7. The zero-order valence-electron chi connectivity index (χ0n) is 30.0. The monoisotopic (exact) mass is 847 g/mol. The summed E-state index contributed by atoms with van der Waals surface area (Å²) in [4.78, 5) is 42.0. The Morgan fingerprint density at radius 3 is 1.58 bits per heavy atom. The molecule has 5 aromatic carbocycles. The van der Waals surface area contributed by atoms with Crippen LogP contribution in [-0.4, -0.2) is 70.7 Å². The Morgan fingerprint density at radius 2 is 1.07 bits per heavy atom. The van der Waals surface area contributed by atoms with Crippen LogP contribution in [0.3, 0.4) is 0 Å². The van der Waals surface area contributed by atoms with Gasteiger partial charge in [-0.3, -0.25) is 5.41 Å². The van der Waals surface area contributed by atoms with E-state index < -0.39 is 71.0 Å². The molecule has 14 heteroatoms. The van der Waals surface area contributed by atoms with Crippen LogP contribution in [-0.2, 0) is 28.4 Å². The van der Waals surface area contributed by atoms with Gasteiger partial charge in [0.05, 0.1) is 22.8 Å². The van der Waals surface area contributed by atoms with Crippen LogP contribution in [0.1, 0.15) is 42.7 Å². The Hall–Kier alpha value is -4.88. The number of benzene rings is 5. The zero-order valence-corrected chi connectivity index (χ0v) is 33.1. The summed E-state index contributed by atoms with van der Waals surface area (Å²) >= 11 is 19.8. The third kappa shape index (κ3) is 11.6. The number of carbonyl (C=O) groups is 3. The number of rotatable bonds is 14. The van der Waals surface area contributed by atoms with E-state index in [2.05, 4.69) is 0 Å². The molecular weight excluding hydrogens is 813 g/mol. The summed E-state index contributed by atoms with van der Waals surface area (Å²) in [5.41, 5.74) is 1.34. The van der Waals surface area contributed by atoms with Gasteiger partial charge in [0.25, 0.3) is 3.79 Å². The van der Waals surface area contributed by atoms with Crippen molar-refractivity contribution in [2.24, 2.45) is 0 Å². The third-order valence-electron chi connectivity index (χ3n) is 8.61. The molecule has 5 aromatic rings. The van der Waals surface area contributed by atoms with E-state index in [-0.39, 0.29) is 16.7 Å². The highest BCUT2D eigenvalue weighted by Crippen LogP contribution is 2.38. The van der Waals surface area contributed by atoms with Crippen molar-refractivity contribution in [3.05, 3.63) is 174 Å². The summed E-state index contributed by atoms with van der Waals surface area (Å²) < 4.78 is 34.9. The van der Waals surface area contributed by atoms with Crippen LogP contribution in [0.5, 0.6) is 0 Å². The van der Waals surface area contributed by atoms with Crippen molar-refractivity contribution in [2.75, 3.05) is 12.4 Å². The van der Waals surface area contributed by atoms with Crippen LogP contribution in [0.15, 0.2) is 157 Å². The van der Waals surface area contributed by atoms with Crippen molar-refractivity contribution in [3.8, 4) is 0 Å². The summed E-state index contributed by atoms with van der Waals surface area (Å²) in [7, 11) is 0. The molecule has 1 heterocycles. The van der Waals surface area contributed by atoms with Gasteiger partial charge in [-0.2, -0.15) is 0 Å². The first-order valence-electron chi connectivity index (χ1n) is 17.7. The number of nitrogens with one attached hydrogen (secondary N) is 1. The predicted molar refractivity (Wildman–Crippen MR) is 217 cm³/mol. The SMILES string of the molecule is N=C(O[C@H]1O[C@H](COC(=O)c2ccccc2)[C@H](OC(=O)c2ccccc2)[C@H](OC(=O)c2ccccc2)[C@H]1O[C@H](CSc1ccccc1)c1ccccc1)C(Cl)(Cl)Cl. The number of halogens is 3. The van der Waals surface area contributed by atoms with Gasteiger partial charge < -0.3 is 28.4 Å². The smallest absolute Gasteiger partial charge is 0.338 e. The molecule has 1 saturated heterocycles. The second-order valence-electron chi connectivity index (χ2n) is 12.5. The van der Waals surface area contributed by atoms with Gasteiger partial charge in [0, 0.05) is 10.6 Å². The molecule has 0 aliphatic carbocycles. The third-order valence-corrected chi connectivity index (χ3v) is 10.2. The Balaban J connectivity index is 1.44. The van der Waals surface area contributed by atoms with Crippen molar-refractivity contribution in [1.29, 1.82) is 5.41 Å². The molecule has 1 fully saturated rings. The lowest BCUT2D eigenvalue weighted by Crippen LogP contribution is -2.63. The van der Waals surface area contributed by atoms with Gasteiger partial charge in [-0.1, -0.05) is 138 Å². The lowest BCUT2D eigenvalue weighted by atomic mass is 9.97. The van der Waals surface area contributed by atoms with E-state index >= 15 is 0 Å². The minimum Gasteiger partial charge on any atom is -0.459 e. The molecule has 57 heavy (non-hydrogen) atoms. The van der Waals surface area contributed by atoms with E-state index in [4.69, 9.17) is 68.6 Å². The van der Waals surface area contributed by atoms with Gasteiger partial charge in [0.1, 0.15) is 12.7 Å². The van der Waals surface area contributed by atoms with Crippen molar-refractivity contribution in [2.45, 2.75) is 45.5 Å². The van der Waals surface area contributed by atoms with Crippen LogP contribution in [0.2, 0.25) is 0 Å². The lowest BCUT2D eigenvalue weighted by molar-refractivity contribution is -0.296. The number of thioether (sulfide) groups is 1. The topological polar surface area (TPSA) is 130 Å². The van der Waals surface area contributed by atoms with Crippen LogP contribution >= 0.6 is 46.6 Å². The van der Waals surface area contributed by atoms with Gasteiger partial charge in [0.2, 0.25) is 12.2 Å². The van der Waals surface area contributed by atoms with Crippen LogP contribution < -0.4 is 0 Å². The van der Waals surface area contributed by atoms with Crippen molar-refractivity contribution < 1.29 is 42.8 Å². The molecule has 0 unspecified atom stereocenters. The highest BCUT2D eigenvalue weighted by Gasteiger charge is 2.54. The number of ether oxygens (including phenoxy) is 6. The van der Waals surface area contributed by atoms with Crippen LogP contribution in [0.4, 0.5) is 0 Å². The largest absolute Gasteiger partial charge is 0.459 e. The molecule has 1 aliphatic heterocycles. The lowest BCUT2D eigenvalue weighted by Gasteiger charge is -2.45. The first kappa shape index (κ1) is 41.7. The minimum absolute atomic E-state index is 0.175. The standard InChI is InChI=1S/C43H36Cl3NO9S/c44-43(45,46)42(47)56-41-37(52-34(28-16-6-1-7-17-28)27-57-32-24-14-5-15-25-32)36(55-40(50)31-22-12-4-13-23-31)35(54-39(49)30-20-10-3-11-21-30)33(53-41)26-51-38(48)29-18-8-2-9-19-29/h1-25,33-37,41,47H,26-27H2/t33-,34-,35+,36+,37-,41-/m1/s1. The van der Waals surface area contributed by atoms with E-state index in [0.717, 1.165) is 10.5 Å². The molecule has 0 aromatic heterocycles. The minimum atomic E-state index is -2.35. The Bertz CT molecular complexity index is 2080. The molecule has 294 valence electrons. The number of hydrogen-bond acceptors (Lipinski definition) is 11. The van der Waals surface area contributed by atoms with Crippen molar-refractivity contribution in [3.63, 3.8) is 0 Å². The van der Waals surface area contributed by atoms with E-state index in [0.29, 0.717) is 5.75 Å². The molecular formula is C43H36Cl3NO9S. The Labute approximate surface area is 348 Å². The summed E-state index contributed by atoms with van der Waals surface area (Å²) in [5.74, 6) is -2.81. The van der Waals surface area contributed by atoms with E-state index in [9.17, 15) is 14.4 Å². The Morgan fingerprint density at radius 1 is 0.614 bits per heavy atom. The van der Waals surface area contributed by atoms with Crippen LogP contribution in [0.25, 0.3) is 0 Å². The number of alkyl halides is 3. The van der Waals surface area contributed by atoms with Crippen LogP contribution in [0, 0.1) is 5.41 Å². The van der Waals surface area contributed by atoms with Gasteiger partial charge in [0.15, 0.2) is 18.3 Å². The van der Waals surface area contributed by atoms with E-state index in [1.165, 1.54) is 11.8 Å². The first-order valence-corrected chi connectivity index (χ1v) is 19.8. The van der Waals surface area contributed by atoms with Gasteiger partial charge >= 0.3 is 17.9 Å². The zero-order chi connectivity index (χ0) is 40.2. The van der Waals surface area contributed by atoms with Gasteiger partial charge in [-0.05, 0) is 54.1 Å². The molecule has 6 rings (SSSR count). The molecule has 0 radical (unpaired) electrons. The summed E-state index contributed by atoms with van der Waals surface area (Å²) in [6.07, 6.45) is -8.24. The maximum Gasteiger partial charge on any atom is 0.338 e. The molecule has 0 saturated carbocycles. The van der Waals surface area contributed by atoms with Crippen molar-refractivity contribution >= 4 is 70.4 Å². The molecule has 0 bridgehead atoms. The van der Waals surface area contributed by atoms with Gasteiger partial charge in [-0.25, -0.2) is 14.4 Å². The number of esters is 3. The normalized spacial score (nSPS) is 19.7. The summed E-state index contributed by atoms with van der Waals surface area (Å²) in [6, 6.07) is 43.5. The molecule has 10 nitrogen and oxygen atoms in total. The number of carbonyl (C=O) groups excluding carboxylic acids is 3. The highest BCUT2D eigenvalue weighted by molar-refractivity contribution is 7.99. The summed E-state index contributed by atoms with van der Waals surface area (Å²) in [5, 5.41) is 8.54. The molecule has 0 spiro atoms. The maximum absolute atomic E-state index is 14.0. The average molecular weight is 849 g/mol. The quantitative estimate of drug-likeness (QED) is 0.0288. The molecule has 1 N–H and O–H groups in total. The summed E-state index contributed by atoms with van der Waals surface area (Å²) in [6.45, 7) is -0.528. The second-order valence-corrected chi connectivity index (χ2v) is 15.9. The van der Waals surface area contributed by atoms with Gasteiger partial charge in [-0.15, -0.1) is 11.8 Å². The second kappa shape index (κ2) is 20.0. The molecule has 0 amide bonds. The first-order chi connectivity index (χ1) is 27.6. The predicted octanol–water partition coefficient (Wildman–Crippen LogP) is 9.30. The number of hydrogen-bond donors (Lipinski definition) is 1. The highest BCUT2D eigenvalue weighted by atomic mass is 35.6. The fourth-order valence-corrected chi connectivity index (χ4v) is 6.92. The fraction of sp³-hybridized carbons (Fsp3) is 0.209. The molecule has 6 atom stereocenters. The molecule has 1 aliphatic rings.